The zero-order valence-electron chi connectivity index (χ0n) is 15.1. The molecule has 2 heterocycles. The van der Waals surface area contributed by atoms with Gasteiger partial charge in [0.05, 0.1) is 12.2 Å². The number of rotatable bonds is 4. The highest BCUT2D eigenvalue weighted by atomic mass is 32.2. The second-order valence-corrected chi connectivity index (χ2v) is 6.93. The van der Waals surface area contributed by atoms with Gasteiger partial charge in [-0.05, 0) is 55.5 Å². The first-order chi connectivity index (χ1) is 12.7. The van der Waals surface area contributed by atoms with Gasteiger partial charge in [0.1, 0.15) is 16.5 Å². The number of benzene rings is 2. The molecule has 0 saturated heterocycles. The summed E-state index contributed by atoms with van der Waals surface area (Å²) in [7, 11) is 0. The third-order valence-corrected chi connectivity index (χ3v) is 5.13. The van der Waals surface area contributed by atoms with Crippen LogP contribution in [0, 0.1) is 6.92 Å². The fraction of sp³-hybridized carbons (Fsp3) is 0.238. The van der Waals surface area contributed by atoms with Gasteiger partial charge in [-0.15, -0.1) is 11.8 Å². The Hall–Kier alpha value is -2.53. The maximum absolute atomic E-state index is 6.19. The van der Waals surface area contributed by atoms with Crippen LogP contribution in [-0.2, 0) is 6.42 Å². The van der Waals surface area contributed by atoms with Gasteiger partial charge in [0.2, 0.25) is 5.88 Å². The monoisotopic (exact) mass is 364 g/mol. The van der Waals surface area contributed by atoms with E-state index in [1.165, 1.54) is 5.56 Å². The summed E-state index contributed by atoms with van der Waals surface area (Å²) in [4.78, 5) is 9.50. The summed E-state index contributed by atoms with van der Waals surface area (Å²) in [6, 6.07) is 14.1. The topological polar surface area (TPSA) is 44.2 Å². The average Bonchev–Trinajstić information content (AvgIpc) is 2.67. The van der Waals surface area contributed by atoms with Crippen molar-refractivity contribution < 1.29 is 9.47 Å². The predicted molar refractivity (Wildman–Crippen MR) is 104 cm³/mol. The number of nitrogens with zero attached hydrogens (tertiary/aromatic N) is 2. The molecule has 1 aromatic heterocycles. The number of para-hydroxylation sites is 1. The van der Waals surface area contributed by atoms with Gasteiger partial charge in [-0.2, -0.15) is 4.98 Å². The number of hydrogen-bond acceptors (Lipinski definition) is 5. The Morgan fingerprint density at radius 3 is 2.65 bits per heavy atom. The molecule has 0 atom stereocenters. The van der Waals surface area contributed by atoms with Crippen molar-refractivity contribution in [3.05, 3.63) is 59.2 Å². The van der Waals surface area contributed by atoms with Crippen LogP contribution in [0.3, 0.4) is 0 Å². The number of aromatic nitrogens is 2. The van der Waals surface area contributed by atoms with Crippen molar-refractivity contribution in [3.63, 3.8) is 0 Å². The normalized spacial score (nSPS) is 12.1. The molecule has 0 spiro atoms. The van der Waals surface area contributed by atoms with Crippen molar-refractivity contribution >= 4 is 11.8 Å². The van der Waals surface area contributed by atoms with Crippen LogP contribution < -0.4 is 9.47 Å². The highest BCUT2D eigenvalue weighted by Crippen LogP contribution is 2.41. The zero-order chi connectivity index (χ0) is 18.1. The Morgan fingerprint density at radius 1 is 1.12 bits per heavy atom. The molecule has 5 heteroatoms. The van der Waals surface area contributed by atoms with E-state index < -0.39 is 0 Å². The maximum atomic E-state index is 6.19. The molecule has 0 amide bonds. The molecular weight excluding hydrogens is 344 g/mol. The van der Waals surface area contributed by atoms with Crippen LogP contribution in [0.2, 0.25) is 0 Å². The van der Waals surface area contributed by atoms with Crippen molar-refractivity contribution in [1.82, 2.24) is 9.97 Å². The molecule has 2 aromatic carbocycles. The first-order valence-corrected chi connectivity index (χ1v) is 9.86. The lowest BCUT2D eigenvalue weighted by Gasteiger charge is -2.22. The summed E-state index contributed by atoms with van der Waals surface area (Å²) in [6.45, 7) is 4.69. The minimum absolute atomic E-state index is 0.651. The van der Waals surface area contributed by atoms with E-state index in [4.69, 9.17) is 19.4 Å². The molecule has 26 heavy (non-hydrogen) atoms. The quantitative estimate of drug-likeness (QED) is 0.365. The van der Waals surface area contributed by atoms with E-state index >= 15 is 0 Å². The minimum atomic E-state index is 0.651. The number of thioether (sulfide) groups is 1. The number of hydrogen-bond donors (Lipinski definition) is 0. The van der Waals surface area contributed by atoms with Gasteiger partial charge < -0.3 is 9.47 Å². The van der Waals surface area contributed by atoms with Crippen LogP contribution in [0.4, 0.5) is 0 Å². The van der Waals surface area contributed by atoms with Crippen LogP contribution in [-0.4, -0.2) is 22.8 Å². The lowest BCUT2D eigenvalue weighted by atomic mass is 10.0. The maximum Gasteiger partial charge on any atom is 0.227 e. The number of aryl methyl sites for hydroxylation is 1. The number of ether oxygens (including phenoxy) is 2. The molecule has 1 aliphatic heterocycles. The van der Waals surface area contributed by atoms with E-state index in [0.29, 0.717) is 18.3 Å². The highest BCUT2D eigenvalue weighted by Gasteiger charge is 2.24. The molecule has 0 saturated carbocycles. The molecule has 0 N–H and O–H groups in total. The second-order valence-electron chi connectivity index (χ2n) is 6.14. The first-order valence-electron chi connectivity index (χ1n) is 8.64. The molecule has 0 radical (unpaired) electrons. The summed E-state index contributed by atoms with van der Waals surface area (Å²) in [5, 5.41) is 0.964. The van der Waals surface area contributed by atoms with Gasteiger partial charge in [0.15, 0.2) is 5.82 Å². The molecule has 0 bridgehead atoms. The van der Waals surface area contributed by atoms with Crippen LogP contribution >= 0.6 is 11.8 Å². The molecule has 4 rings (SSSR count). The van der Waals surface area contributed by atoms with Crippen LogP contribution in [0.25, 0.3) is 11.4 Å². The smallest absolute Gasteiger partial charge is 0.227 e. The summed E-state index contributed by atoms with van der Waals surface area (Å²) < 4.78 is 11.7. The van der Waals surface area contributed by atoms with E-state index in [2.05, 4.69) is 25.1 Å². The number of fused-ring (bicyclic) bond motifs is 2. The highest BCUT2D eigenvalue weighted by molar-refractivity contribution is 7.98. The molecule has 3 aromatic rings. The fourth-order valence-electron chi connectivity index (χ4n) is 3.13. The summed E-state index contributed by atoms with van der Waals surface area (Å²) in [5.74, 6) is 3.10. The van der Waals surface area contributed by atoms with Crippen LogP contribution in [0.15, 0.2) is 47.5 Å². The largest absolute Gasteiger partial charge is 0.494 e. The van der Waals surface area contributed by atoms with Gasteiger partial charge >= 0.3 is 0 Å². The van der Waals surface area contributed by atoms with Crippen molar-refractivity contribution in [2.24, 2.45) is 0 Å². The SMILES string of the molecule is CCOc1ccc(-c2nc3c(c(SC)n2)Cc2cccc(C)c2O3)cc1. The summed E-state index contributed by atoms with van der Waals surface area (Å²) >= 11 is 1.63. The van der Waals surface area contributed by atoms with E-state index in [1.54, 1.807) is 11.8 Å². The van der Waals surface area contributed by atoms with Crippen molar-refractivity contribution in [2.75, 3.05) is 12.9 Å². The van der Waals surface area contributed by atoms with Gasteiger partial charge in [0.25, 0.3) is 0 Å². The molecule has 132 valence electrons. The van der Waals surface area contributed by atoms with Gasteiger partial charge in [-0.3, -0.25) is 0 Å². The van der Waals surface area contributed by atoms with Gasteiger partial charge in [-0.25, -0.2) is 4.98 Å². The fourth-order valence-corrected chi connectivity index (χ4v) is 3.71. The van der Waals surface area contributed by atoms with Gasteiger partial charge in [-0.1, -0.05) is 18.2 Å². The first kappa shape index (κ1) is 16.9. The Morgan fingerprint density at radius 2 is 1.92 bits per heavy atom. The second kappa shape index (κ2) is 7.00. The van der Waals surface area contributed by atoms with Gasteiger partial charge in [0, 0.05) is 12.0 Å². The Bertz CT molecular complexity index is 955. The predicted octanol–water partition coefficient (Wildman–Crippen LogP) is 5.27. The molecule has 1 aliphatic rings. The standard InChI is InChI=1S/C21H20N2O2S/c1-4-24-16-10-8-14(9-11-16)19-22-20-17(21(23-19)26-3)12-15-7-5-6-13(2)18(15)25-20/h5-11H,4,12H2,1-3H3. The lowest BCUT2D eigenvalue weighted by Crippen LogP contribution is -2.09. The Labute approximate surface area is 157 Å². The van der Waals surface area contributed by atoms with E-state index in [-0.39, 0.29) is 0 Å². The Balaban J connectivity index is 1.76. The van der Waals surface area contributed by atoms with Crippen molar-refractivity contribution in [3.8, 4) is 28.8 Å². The van der Waals surface area contributed by atoms with Crippen LogP contribution in [0.1, 0.15) is 23.6 Å². The third-order valence-electron chi connectivity index (χ3n) is 4.41. The minimum Gasteiger partial charge on any atom is -0.494 e. The Kier molecular flexibility index (Phi) is 4.55. The molecule has 0 aliphatic carbocycles. The zero-order valence-corrected chi connectivity index (χ0v) is 15.9. The average molecular weight is 364 g/mol. The molecule has 0 fully saturated rings. The molecule has 0 unspecified atom stereocenters. The van der Waals surface area contributed by atoms with Crippen molar-refractivity contribution in [1.29, 1.82) is 0 Å². The van der Waals surface area contributed by atoms with E-state index in [9.17, 15) is 0 Å². The molecule has 4 nitrogen and oxygen atoms in total. The third kappa shape index (κ3) is 3.03. The van der Waals surface area contributed by atoms with Crippen LogP contribution in [0.5, 0.6) is 17.4 Å². The summed E-state index contributed by atoms with van der Waals surface area (Å²) in [6.07, 6.45) is 2.84. The lowest BCUT2D eigenvalue weighted by molar-refractivity contribution is 0.340. The van der Waals surface area contributed by atoms with E-state index in [1.807, 2.05) is 37.4 Å². The summed E-state index contributed by atoms with van der Waals surface area (Å²) in [5.41, 5.74) is 4.32. The van der Waals surface area contributed by atoms with E-state index in [0.717, 1.165) is 39.6 Å². The molecular formula is C21H20N2O2S. The van der Waals surface area contributed by atoms with Crippen molar-refractivity contribution in [2.45, 2.75) is 25.3 Å².